The minimum Gasteiger partial charge on any atom is -0.306 e. The quantitative estimate of drug-likeness (QED) is 0.743. The van der Waals surface area contributed by atoms with Crippen LogP contribution in [0.1, 0.15) is 32.3 Å². The molecule has 0 aromatic carbocycles. The molecule has 1 saturated heterocycles. The topological polar surface area (TPSA) is 3.24 Å². The van der Waals surface area contributed by atoms with E-state index in [2.05, 4.69) is 42.6 Å². The van der Waals surface area contributed by atoms with Crippen LogP contribution >= 0.6 is 11.3 Å². The molecule has 0 N–H and O–H groups in total. The predicted octanol–water partition coefficient (Wildman–Crippen LogP) is 3.37. The summed E-state index contributed by atoms with van der Waals surface area (Å²) in [6, 6.07) is 2.33. The Bertz CT molecular complexity index is 294. The van der Waals surface area contributed by atoms with Gasteiger partial charge in [0.05, 0.1) is 0 Å². The average Bonchev–Trinajstić information content (AvgIpc) is 2.72. The first-order valence-corrected chi connectivity index (χ1v) is 6.81. The molecule has 0 unspecified atom stereocenters. The van der Waals surface area contributed by atoms with Crippen molar-refractivity contribution in [3.05, 3.63) is 22.4 Å². The van der Waals surface area contributed by atoms with Crippen LogP contribution in [-0.2, 0) is 5.41 Å². The van der Waals surface area contributed by atoms with Crippen molar-refractivity contribution in [2.24, 2.45) is 5.92 Å². The van der Waals surface area contributed by atoms with Crippen molar-refractivity contribution in [1.29, 1.82) is 0 Å². The third kappa shape index (κ3) is 1.98. The van der Waals surface area contributed by atoms with Crippen molar-refractivity contribution >= 4 is 11.3 Å². The Morgan fingerprint density at radius 3 is 2.47 bits per heavy atom. The fraction of sp³-hybridized carbons (Fsp3) is 0.692. The highest BCUT2D eigenvalue weighted by molar-refractivity contribution is 7.08. The Balaban J connectivity index is 2.26. The molecule has 1 aliphatic rings. The number of likely N-dealkylation sites (tertiary alicyclic amines) is 1. The van der Waals surface area contributed by atoms with E-state index in [1.54, 1.807) is 5.56 Å². The summed E-state index contributed by atoms with van der Waals surface area (Å²) in [5.41, 5.74) is 2.03. The maximum Gasteiger partial charge on any atom is 0.000848 e. The average molecular weight is 223 g/mol. The van der Waals surface area contributed by atoms with Crippen molar-refractivity contribution < 1.29 is 0 Å². The monoisotopic (exact) mass is 223 g/mol. The maximum atomic E-state index is 2.45. The van der Waals surface area contributed by atoms with Crippen LogP contribution in [0.5, 0.6) is 0 Å². The number of rotatable bonds is 2. The predicted molar refractivity (Wildman–Crippen MR) is 67.6 cm³/mol. The zero-order chi connectivity index (χ0) is 10.9. The van der Waals surface area contributed by atoms with E-state index in [9.17, 15) is 0 Å². The number of hydrogen-bond donors (Lipinski definition) is 0. The van der Waals surface area contributed by atoms with Crippen molar-refractivity contribution in [2.75, 3.05) is 20.1 Å². The summed E-state index contributed by atoms with van der Waals surface area (Å²) < 4.78 is 0. The van der Waals surface area contributed by atoms with Gasteiger partial charge in [0.25, 0.3) is 0 Å². The molecule has 0 saturated carbocycles. The Morgan fingerprint density at radius 1 is 1.33 bits per heavy atom. The summed E-state index contributed by atoms with van der Waals surface area (Å²) in [6.45, 7) is 7.24. The van der Waals surface area contributed by atoms with Gasteiger partial charge < -0.3 is 4.90 Å². The van der Waals surface area contributed by atoms with Gasteiger partial charge in [-0.15, -0.1) is 0 Å². The third-order valence-electron chi connectivity index (χ3n) is 4.08. The molecule has 0 spiro atoms. The highest BCUT2D eigenvalue weighted by Gasteiger charge is 2.38. The van der Waals surface area contributed by atoms with Gasteiger partial charge in [0.15, 0.2) is 0 Å². The van der Waals surface area contributed by atoms with E-state index in [1.165, 1.54) is 25.9 Å². The molecule has 1 fully saturated rings. The zero-order valence-corrected chi connectivity index (χ0v) is 10.8. The molecule has 2 heteroatoms. The fourth-order valence-electron chi connectivity index (χ4n) is 2.76. The highest BCUT2D eigenvalue weighted by atomic mass is 32.1. The Morgan fingerprint density at radius 2 is 2.00 bits per heavy atom. The third-order valence-corrected chi connectivity index (χ3v) is 4.76. The van der Waals surface area contributed by atoms with Gasteiger partial charge in [0, 0.05) is 5.41 Å². The maximum absolute atomic E-state index is 2.45. The molecule has 0 aliphatic carbocycles. The van der Waals surface area contributed by atoms with Gasteiger partial charge in [0.2, 0.25) is 0 Å². The molecule has 84 valence electrons. The lowest BCUT2D eigenvalue weighted by molar-refractivity contribution is 0.146. The molecule has 0 atom stereocenters. The van der Waals surface area contributed by atoms with E-state index in [1.807, 2.05) is 11.3 Å². The Kier molecular flexibility index (Phi) is 3.17. The Labute approximate surface area is 97.1 Å². The van der Waals surface area contributed by atoms with Gasteiger partial charge in [0.1, 0.15) is 0 Å². The van der Waals surface area contributed by atoms with Crippen LogP contribution in [0.25, 0.3) is 0 Å². The van der Waals surface area contributed by atoms with E-state index >= 15 is 0 Å². The lowest BCUT2D eigenvalue weighted by Crippen LogP contribution is -2.43. The summed E-state index contributed by atoms with van der Waals surface area (Å²) >= 11 is 1.84. The number of thiophene rings is 1. The van der Waals surface area contributed by atoms with Gasteiger partial charge in [-0.05, 0) is 61.3 Å². The number of nitrogens with zero attached hydrogens (tertiary/aromatic N) is 1. The molecule has 0 radical (unpaired) electrons. The minimum atomic E-state index is 0.451. The van der Waals surface area contributed by atoms with Crippen LogP contribution in [0, 0.1) is 5.92 Å². The number of hydrogen-bond acceptors (Lipinski definition) is 2. The first-order valence-electron chi connectivity index (χ1n) is 5.86. The molecular weight excluding hydrogens is 202 g/mol. The van der Waals surface area contributed by atoms with Crippen LogP contribution in [0.4, 0.5) is 0 Å². The van der Waals surface area contributed by atoms with Gasteiger partial charge in [-0.3, -0.25) is 0 Å². The smallest absolute Gasteiger partial charge is 0.000848 e. The first-order chi connectivity index (χ1) is 7.15. The second-order valence-corrected chi connectivity index (χ2v) is 5.91. The van der Waals surface area contributed by atoms with E-state index in [0.717, 1.165) is 5.92 Å². The largest absolute Gasteiger partial charge is 0.306 e. The second kappa shape index (κ2) is 4.26. The van der Waals surface area contributed by atoms with E-state index in [4.69, 9.17) is 0 Å². The molecular formula is C13H21NS. The summed E-state index contributed by atoms with van der Waals surface area (Å²) in [5, 5.41) is 4.57. The molecule has 1 aromatic heterocycles. The fourth-order valence-corrected chi connectivity index (χ4v) is 3.53. The highest BCUT2D eigenvalue weighted by Crippen LogP contribution is 2.42. The van der Waals surface area contributed by atoms with Crippen molar-refractivity contribution in [3.63, 3.8) is 0 Å². The molecule has 0 amide bonds. The summed E-state index contributed by atoms with van der Waals surface area (Å²) in [6.07, 6.45) is 2.63. The summed E-state index contributed by atoms with van der Waals surface area (Å²) in [4.78, 5) is 2.45. The van der Waals surface area contributed by atoms with E-state index in [-0.39, 0.29) is 0 Å². The second-order valence-electron chi connectivity index (χ2n) is 5.13. The van der Waals surface area contributed by atoms with Crippen molar-refractivity contribution in [2.45, 2.75) is 32.1 Å². The van der Waals surface area contributed by atoms with Crippen LogP contribution in [0.3, 0.4) is 0 Å². The lowest BCUT2D eigenvalue weighted by Gasteiger charge is -2.43. The van der Waals surface area contributed by atoms with Crippen LogP contribution in [-0.4, -0.2) is 25.0 Å². The van der Waals surface area contributed by atoms with E-state index in [0.29, 0.717) is 5.41 Å². The van der Waals surface area contributed by atoms with Crippen LogP contribution in [0.2, 0.25) is 0 Å². The Hall–Kier alpha value is -0.340. The van der Waals surface area contributed by atoms with Gasteiger partial charge in [-0.1, -0.05) is 13.8 Å². The SMILES string of the molecule is CC(C)C1(c2ccsc2)CCN(C)CC1. The minimum absolute atomic E-state index is 0.451. The molecule has 1 nitrogen and oxygen atoms in total. The van der Waals surface area contributed by atoms with Crippen molar-refractivity contribution in [3.8, 4) is 0 Å². The molecule has 2 rings (SSSR count). The number of piperidine rings is 1. The van der Waals surface area contributed by atoms with Crippen LogP contribution < -0.4 is 0 Å². The van der Waals surface area contributed by atoms with Gasteiger partial charge in [-0.25, -0.2) is 0 Å². The molecule has 1 aromatic rings. The molecule has 2 heterocycles. The van der Waals surface area contributed by atoms with E-state index < -0.39 is 0 Å². The standard InChI is InChI=1S/C13H21NS/c1-11(2)13(12-4-9-15-10-12)5-7-14(3)8-6-13/h4,9-11H,5-8H2,1-3H3. The van der Waals surface area contributed by atoms with Crippen molar-refractivity contribution in [1.82, 2.24) is 4.90 Å². The van der Waals surface area contributed by atoms with Gasteiger partial charge in [-0.2, -0.15) is 11.3 Å². The normalized spacial score (nSPS) is 22.1. The molecule has 0 bridgehead atoms. The first kappa shape index (κ1) is 11.2. The van der Waals surface area contributed by atoms with Gasteiger partial charge >= 0.3 is 0 Å². The summed E-state index contributed by atoms with van der Waals surface area (Å²) in [5.74, 6) is 0.751. The lowest BCUT2D eigenvalue weighted by atomic mass is 9.66. The summed E-state index contributed by atoms with van der Waals surface area (Å²) in [7, 11) is 2.23. The molecule has 1 aliphatic heterocycles. The zero-order valence-electron chi connectivity index (χ0n) is 9.99. The van der Waals surface area contributed by atoms with Crippen LogP contribution in [0.15, 0.2) is 16.8 Å². The molecule has 15 heavy (non-hydrogen) atoms.